The van der Waals surface area contributed by atoms with E-state index in [9.17, 15) is 4.79 Å². The summed E-state index contributed by atoms with van der Waals surface area (Å²) in [7, 11) is 3.25. The second kappa shape index (κ2) is 8.11. The molecular weight excluding hydrogens is 268 g/mol. The number of hydrogen-bond acceptors (Lipinski definition) is 5. The lowest BCUT2D eigenvalue weighted by atomic mass is 9.93. The van der Waals surface area contributed by atoms with E-state index in [0.29, 0.717) is 0 Å². The number of esters is 1. The Morgan fingerprint density at radius 2 is 2.14 bits per heavy atom. The molecule has 5 heteroatoms. The van der Waals surface area contributed by atoms with Crippen LogP contribution in [0.3, 0.4) is 0 Å². The summed E-state index contributed by atoms with van der Waals surface area (Å²) in [6.07, 6.45) is 4.05. The van der Waals surface area contributed by atoms with Gasteiger partial charge in [-0.1, -0.05) is 6.92 Å². The minimum Gasteiger partial charge on any atom is -0.468 e. The normalized spacial score (nSPS) is 26.3. The molecular formula is C16H32N2O3. The van der Waals surface area contributed by atoms with Gasteiger partial charge in [-0.25, -0.2) is 0 Å². The molecule has 1 aliphatic heterocycles. The molecule has 1 aliphatic rings. The summed E-state index contributed by atoms with van der Waals surface area (Å²) >= 11 is 0. The maximum Gasteiger partial charge on any atom is 0.325 e. The highest BCUT2D eigenvalue weighted by Gasteiger charge is 2.34. The van der Waals surface area contributed by atoms with Gasteiger partial charge in [-0.05, 0) is 59.2 Å². The van der Waals surface area contributed by atoms with Crippen LogP contribution in [0.25, 0.3) is 0 Å². The number of methoxy groups -OCH3 is 2. The lowest BCUT2D eigenvalue weighted by Crippen LogP contribution is -2.51. The number of nitrogens with zero attached hydrogens (tertiary/aromatic N) is 1. The fourth-order valence-corrected chi connectivity index (χ4v) is 3.20. The Morgan fingerprint density at radius 1 is 1.43 bits per heavy atom. The van der Waals surface area contributed by atoms with E-state index in [2.05, 4.69) is 17.1 Å². The number of piperidine rings is 1. The highest BCUT2D eigenvalue weighted by Crippen LogP contribution is 2.24. The molecule has 2 unspecified atom stereocenters. The quantitative estimate of drug-likeness (QED) is 0.693. The molecule has 1 rings (SSSR count). The summed E-state index contributed by atoms with van der Waals surface area (Å²) in [6, 6.07) is 0. The summed E-state index contributed by atoms with van der Waals surface area (Å²) in [5.41, 5.74) is -0.602. The molecule has 124 valence electrons. The van der Waals surface area contributed by atoms with Gasteiger partial charge in [-0.2, -0.15) is 0 Å². The summed E-state index contributed by atoms with van der Waals surface area (Å²) in [6.45, 7) is 9.97. The van der Waals surface area contributed by atoms with Crippen molar-refractivity contribution < 1.29 is 14.3 Å². The average Bonchev–Trinajstić information content (AvgIpc) is 2.47. The van der Waals surface area contributed by atoms with Gasteiger partial charge in [0.15, 0.2) is 0 Å². The molecule has 0 aromatic heterocycles. The third-order valence-corrected chi connectivity index (χ3v) is 4.58. The van der Waals surface area contributed by atoms with Crippen molar-refractivity contribution in [3.05, 3.63) is 0 Å². The molecule has 0 bridgehead atoms. The highest BCUT2D eigenvalue weighted by molar-refractivity contribution is 5.80. The number of nitrogens with one attached hydrogen (secondary N) is 1. The highest BCUT2D eigenvalue weighted by atomic mass is 16.5. The van der Waals surface area contributed by atoms with Crippen LogP contribution in [-0.4, -0.2) is 62.4 Å². The Labute approximate surface area is 129 Å². The van der Waals surface area contributed by atoms with Crippen molar-refractivity contribution in [3.63, 3.8) is 0 Å². The van der Waals surface area contributed by atoms with Crippen molar-refractivity contribution in [2.75, 3.05) is 40.4 Å². The largest absolute Gasteiger partial charge is 0.468 e. The zero-order chi connectivity index (χ0) is 15.9. The predicted octanol–water partition coefficient (Wildman–Crippen LogP) is 1.81. The third kappa shape index (κ3) is 5.24. The van der Waals surface area contributed by atoms with Crippen LogP contribution in [0, 0.1) is 0 Å². The first-order valence-electron chi connectivity index (χ1n) is 8.00. The van der Waals surface area contributed by atoms with E-state index in [1.54, 1.807) is 7.11 Å². The molecule has 0 spiro atoms. The maximum atomic E-state index is 11.9. The zero-order valence-electron chi connectivity index (χ0n) is 14.3. The smallest absolute Gasteiger partial charge is 0.325 e. The molecule has 0 amide bonds. The van der Waals surface area contributed by atoms with E-state index < -0.39 is 5.54 Å². The maximum absolute atomic E-state index is 11.9. The van der Waals surface area contributed by atoms with Crippen molar-refractivity contribution >= 4 is 5.97 Å². The number of likely N-dealkylation sites (N-methyl/N-ethyl adjacent to an activating group) is 1. The van der Waals surface area contributed by atoms with Crippen LogP contribution in [0.15, 0.2) is 0 Å². The number of rotatable bonds is 8. The van der Waals surface area contributed by atoms with E-state index in [4.69, 9.17) is 9.47 Å². The van der Waals surface area contributed by atoms with Gasteiger partial charge in [-0.15, -0.1) is 0 Å². The molecule has 1 N–H and O–H groups in total. The molecule has 21 heavy (non-hydrogen) atoms. The van der Waals surface area contributed by atoms with Crippen LogP contribution in [0.4, 0.5) is 0 Å². The molecule has 1 fully saturated rings. The second-order valence-electron chi connectivity index (χ2n) is 6.49. The lowest BCUT2D eigenvalue weighted by Gasteiger charge is -2.40. The SMILES string of the molecule is CCNC(C)(CCCN1CCCC(C)(OC)C1)C(=O)OC. The second-order valence-corrected chi connectivity index (χ2v) is 6.49. The van der Waals surface area contributed by atoms with Crippen LogP contribution in [0.5, 0.6) is 0 Å². The molecule has 0 aromatic carbocycles. The molecule has 0 aromatic rings. The van der Waals surface area contributed by atoms with Gasteiger partial charge in [-0.3, -0.25) is 4.79 Å². The van der Waals surface area contributed by atoms with Gasteiger partial charge in [0.1, 0.15) is 5.54 Å². The van der Waals surface area contributed by atoms with Crippen molar-refractivity contribution in [3.8, 4) is 0 Å². The average molecular weight is 300 g/mol. The van der Waals surface area contributed by atoms with E-state index in [-0.39, 0.29) is 11.6 Å². The first-order valence-corrected chi connectivity index (χ1v) is 8.00. The number of hydrogen-bond donors (Lipinski definition) is 1. The number of ether oxygens (including phenoxy) is 2. The molecule has 1 heterocycles. The van der Waals surface area contributed by atoms with Crippen molar-refractivity contribution in [1.82, 2.24) is 10.2 Å². The minimum atomic E-state index is -0.580. The van der Waals surface area contributed by atoms with E-state index in [1.165, 1.54) is 13.5 Å². The zero-order valence-corrected chi connectivity index (χ0v) is 14.3. The van der Waals surface area contributed by atoms with Crippen LogP contribution < -0.4 is 5.32 Å². The molecule has 1 saturated heterocycles. The molecule has 2 atom stereocenters. The van der Waals surface area contributed by atoms with Crippen molar-refractivity contribution in [2.45, 2.75) is 57.6 Å². The van der Waals surface area contributed by atoms with E-state index in [0.717, 1.165) is 45.4 Å². The van der Waals surface area contributed by atoms with Gasteiger partial charge in [0.2, 0.25) is 0 Å². The van der Waals surface area contributed by atoms with Gasteiger partial charge in [0, 0.05) is 13.7 Å². The molecule has 5 nitrogen and oxygen atoms in total. The molecule has 0 radical (unpaired) electrons. The monoisotopic (exact) mass is 300 g/mol. The van der Waals surface area contributed by atoms with Crippen LogP contribution in [-0.2, 0) is 14.3 Å². The molecule has 0 aliphatic carbocycles. The summed E-state index contributed by atoms with van der Waals surface area (Å²) in [5, 5.41) is 3.26. The Hall–Kier alpha value is -0.650. The predicted molar refractivity (Wildman–Crippen MR) is 84.4 cm³/mol. The van der Waals surface area contributed by atoms with Crippen LogP contribution in [0.2, 0.25) is 0 Å². The first kappa shape index (κ1) is 18.4. The first-order chi connectivity index (χ1) is 9.89. The van der Waals surface area contributed by atoms with Crippen molar-refractivity contribution in [2.24, 2.45) is 0 Å². The van der Waals surface area contributed by atoms with Crippen LogP contribution >= 0.6 is 0 Å². The van der Waals surface area contributed by atoms with E-state index >= 15 is 0 Å². The standard InChI is InChI=1S/C16H32N2O3/c1-6-17-16(3,14(19)20-4)10-8-12-18-11-7-9-15(2,13-18)21-5/h17H,6-13H2,1-5H3. The summed E-state index contributed by atoms with van der Waals surface area (Å²) in [4.78, 5) is 14.4. The lowest BCUT2D eigenvalue weighted by molar-refractivity contribution is -0.148. The summed E-state index contributed by atoms with van der Waals surface area (Å²) < 4.78 is 10.5. The van der Waals surface area contributed by atoms with Crippen LogP contribution in [0.1, 0.15) is 46.5 Å². The number of carbonyl (C=O) groups is 1. The molecule has 0 saturated carbocycles. The van der Waals surface area contributed by atoms with Gasteiger partial charge in [0.05, 0.1) is 12.7 Å². The minimum absolute atomic E-state index is 0.0223. The van der Waals surface area contributed by atoms with Gasteiger partial charge < -0.3 is 19.7 Å². The Bertz CT molecular complexity index is 337. The van der Waals surface area contributed by atoms with E-state index in [1.807, 2.05) is 13.8 Å². The fourth-order valence-electron chi connectivity index (χ4n) is 3.20. The number of likely N-dealkylation sites (tertiary alicyclic amines) is 1. The topological polar surface area (TPSA) is 50.8 Å². The Morgan fingerprint density at radius 3 is 2.71 bits per heavy atom. The van der Waals surface area contributed by atoms with Gasteiger partial charge in [0.25, 0.3) is 0 Å². The summed E-state index contributed by atoms with van der Waals surface area (Å²) in [5.74, 6) is -0.176. The number of carbonyl (C=O) groups excluding carboxylic acids is 1. The fraction of sp³-hybridized carbons (Fsp3) is 0.938. The third-order valence-electron chi connectivity index (χ3n) is 4.58. The Kier molecular flexibility index (Phi) is 7.10. The van der Waals surface area contributed by atoms with Gasteiger partial charge >= 0.3 is 5.97 Å². The van der Waals surface area contributed by atoms with Crippen molar-refractivity contribution in [1.29, 1.82) is 0 Å². The Balaban J connectivity index is 2.45.